The molecule has 14 heteroatoms. The van der Waals surface area contributed by atoms with Gasteiger partial charge in [-0.3, -0.25) is 19.2 Å². The third-order valence-electron chi connectivity index (χ3n) is 6.11. The van der Waals surface area contributed by atoms with E-state index in [1.165, 1.54) is 0 Å². The van der Waals surface area contributed by atoms with Crippen LogP contribution in [-0.4, -0.2) is 87.3 Å². The predicted octanol–water partition coefficient (Wildman–Crippen LogP) is -1.44. The highest BCUT2D eigenvalue weighted by Gasteiger charge is 2.30. The van der Waals surface area contributed by atoms with E-state index in [9.17, 15) is 34.2 Å². The zero-order valence-electron chi connectivity index (χ0n) is 21.4. The van der Waals surface area contributed by atoms with Gasteiger partial charge in [0.05, 0.1) is 12.6 Å². The molecule has 0 saturated carbocycles. The molecular formula is C25H36N6O8. The first kappa shape index (κ1) is 31.2. The van der Waals surface area contributed by atoms with Gasteiger partial charge in [0.1, 0.15) is 18.1 Å². The maximum absolute atomic E-state index is 13.3. The molecular weight excluding hydrogens is 512 g/mol. The van der Waals surface area contributed by atoms with Crippen molar-refractivity contribution in [1.29, 1.82) is 0 Å². The molecule has 2 aromatic rings. The number of carboxylic acid groups (broad SMARTS) is 2. The summed E-state index contributed by atoms with van der Waals surface area (Å²) >= 11 is 0. The normalized spacial score (nSPS) is 14.1. The maximum atomic E-state index is 13.3. The van der Waals surface area contributed by atoms with Crippen molar-refractivity contribution in [2.24, 2.45) is 11.5 Å². The molecule has 3 amide bonds. The van der Waals surface area contributed by atoms with E-state index in [-0.39, 0.29) is 6.42 Å². The number of para-hydroxylation sites is 1. The van der Waals surface area contributed by atoms with Gasteiger partial charge in [-0.15, -0.1) is 0 Å². The standard InChI is InChI=1S/C25H36N6O8/c26-10-4-3-6-16(27)22(35)30-19(11-14-12-28-17-7-2-1-5-15(14)17)23(36)31-20(13-32)24(37)29-18(25(38)39)8-9-21(33)34/h1-2,5,7,12,16,18-20,28,32H,3-4,6,8-11,13,26-27H2,(H,29,37)(H,30,35)(H,31,36)(H,33,34)(H,38,39)/t16-,18-,19-,20-/m0/s1. The molecule has 1 heterocycles. The van der Waals surface area contributed by atoms with E-state index in [1.807, 2.05) is 24.3 Å². The number of unbranched alkanes of at least 4 members (excludes halogenated alkanes) is 1. The van der Waals surface area contributed by atoms with Crippen molar-refractivity contribution in [3.05, 3.63) is 36.0 Å². The molecule has 0 unspecified atom stereocenters. The number of fused-ring (bicyclic) bond motifs is 1. The number of hydrogen-bond donors (Lipinski definition) is 9. The van der Waals surface area contributed by atoms with Crippen LogP contribution in [0.3, 0.4) is 0 Å². The number of benzene rings is 1. The quantitative estimate of drug-likeness (QED) is 0.104. The Bertz CT molecular complexity index is 1150. The molecule has 0 aliphatic heterocycles. The number of aromatic amines is 1. The molecule has 214 valence electrons. The number of aliphatic hydroxyl groups excluding tert-OH is 1. The van der Waals surface area contributed by atoms with Crippen LogP contribution < -0.4 is 27.4 Å². The van der Waals surface area contributed by atoms with Crippen molar-refractivity contribution in [3.8, 4) is 0 Å². The Hall–Kier alpha value is -4.01. The second-order valence-electron chi connectivity index (χ2n) is 9.09. The van der Waals surface area contributed by atoms with Crippen molar-refractivity contribution in [2.45, 2.75) is 62.7 Å². The number of nitrogens with two attached hydrogens (primary N) is 2. The third-order valence-corrected chi connectivity index (χ3v) is 6.11. The molecule has 1 aromatic heterocycles. The molecule has 4 atom stereocenters. The molecule has 0 bridgehead atoms. The number of aromatic nitrogens is 1. The number of aliphatic carboxylic acids is 2. The van der Waals surface area contributed by atoms with Crippen LogP contribution in [0, 0.1) is 0 Å². The first-order valence-corrected chi connectivity index (χ1v) is 12.5. The Morgan fingerprint density at radius 3 is 2.15 bits per heavy atom. The predicted molar refractivity (Wildman–Crippen MR) is 140 cm³/mol. The van der Waals surface area contributed by atoms with Gasteiger partial charge in [-0.2, -0.15) is 0 Å². The number of aliphatic hydroxyl groups is 1. The first-order valence-electron chi connectivity index (χ1n) is 12.5. The molecule has 0 saturated heterocycles. The molecule has 0 aliphatic rings. The molecule has 0 spiro atoms. The monoisotopic (exact) mass is 548 g/mol. The molecule has 2 rings (SSSR count). The van der Waals surface area contributed by atoms with Crippen LogP contribution >= 0.6 is 0 Å². The molecule has 39 heavy (non-hydrogen) atoms. The van der Waals surface area contributed by atoms with Crippen molar-refractivity contribution in [2.75, 3.05) is 13.2 Å². The van der Waals surface area contributed by atoms with Gasteiger partial charge in [0, 0.05) is 29.9 Å². The Morgan fingerprint density at radius 2 is 1.51 bits per heavy atom. The summed E-state index contributed by atoms with van der Waals surface area (Å²) in [6.07, 6.45) is 2.43. The number of carbonyl (C=O) groups is 5. The van der Waals surface area contributed by atoms with Gasteiger partial charge >= 0.3 is 11.9 Å². The van der Waals surface area contributed by atoms with Crippen molar-refractivity contribution in [1.82, 2.24) is 20.9 Å². The number of amides is 3. The van der Waals surface area contributed by atoms with Gasteiger partial charge in [-0.1, -0.05) is 24.6 Å². The van der Waals surface area contributed by atoms with Gasteiger partial charge < -0.3 is 47.7 Å². The number of rotatable bonds is 17. The van der Waals surface area contributed by atoms with E-state index in [0.717, 1.165) is 10.9 Å². The summed E-state index contributed by atoms with van der Waals surface area (Å²) in [6, 6.07) is 2.12. The van der Waals surface area contributed by atoms with Crippen LogP contribution in [0.4, 0.5) is 0 Å². The molecule has 0 fully saturated rings. The van der Waals surface area contributed by atoms with E-state index in [0.29, 0.717) is 31.4 Å². The fraction of sp³-hybridized carbons (Fsp3) is 0.480. The Morgan fingerprint density at radius 1 is 0.872 bits per heavy atom. The number of hydrogen-bond acceptors (Lipinski definition) is 8. The van der Waals surface area contributed by atoms with Gasteiger partial charge in [0.25, 0.3) is 0 Å². The van der Waals surface area contributed by atoms with E-state index in [4.69, 9.17) is 16.6 Å². The number of carboxylic acids is 2. The first-order chi connectivity index (χ1) is 18.6. The summed E-state index contributed by atoms with van der Waals surface area (Å²) in [6.45, 7) is -0.432. The summed E-state index contributed by atoms with van der Waals surface area (Å²) in [5.74, 6) is -5.15. The molecule has 0 radical (unpaired) electrons. The maximum Gasteiger partial charge on any atom is 0.326 e. The Kier molecular flexibility index (Phi) is 12.3. The second-order valence-corrected chi connectivity index (χ2v) is 9.09. The van der Waals surface area contributed by atoms with Crippen molar-refractivity contribution >= 4 is 40.6 Å². The highest BCUT2D eigenvalue weighted by molar-refractivity contribution is 5.95. The smallest absolute Gasteiger partial charge is 0.326 e. The zero-order chi connectivity index (χ0) is 28.9. The fourth-order valence-corrected chi connectivity index (χ4v) is 3.91. The molecule has 1 aromatic carbocycles. The van der Waals surface area contributed by atoms with Gasteiger partial charge in [-0.05, 0) is 37.4 Å². The minimum absolute atomic E-state index is 0.0211. The van der Waals surface area contributed by atoms with Gasteiger partial charge in [-0.25, -0.2) is 4.79 Å². The fourth-order valence-electron chi connectivity index (χ4n) is 3.91. The Balaban J connectivity index is 2.19. The topological polar surface area (TPSA) is 250 Å². The van der Waals surface area contributed by atoms with Gasteiger partial charge in [0.15, 0.2) is 0 Å². The lowest BCUT2D eigenvalue weighted by molar-refractivity contribution is -0.143. The van der Waals surface area contributed by atoms with Crippen LogP contribution in [0.2, 0.25) is 0 Å². The SMILES string of the molecule is NCCCC[C@H](N)C(=O)N[C@@H](Cc1c[nH]c2ccccc12)C(=O)N[C@@H](CO)C(=O)N[C@@H](CCC(=O)O)C(=O)O. The summed E-state index contributed by atoms with van der Waals surface area (Å²) in [5, 5.41) is 35.7. The van der Waals surface area contributed by atoms with Crippen molar-refractivity contribution < 1.29 is 39.3 Å². The number of nitrogens with one attached hydrogen (secondary N) is 4. The highest BCUT2D eigenvalue weighted by Crippen LogP contribution is 2.19. The number of carbonyl (C=O) groups excluding carboxylic acids is 3. The zero-order valence-corrected chi connectivity index (χ0v) is 21.4. The highest BCUT2D eigenvalue weighted by atomic mass is 16.4. The lowest BCUT2D eigenvalue weighted by Gasteiger charge is -2.24. The summed E-state index contributed by atoms with van der Waals surface area (Å²) in [5.41, 5.74) is 13.0. The van der Waals surface area contributed by atoms with E-state index >= 15 is 0 Å². The summed E-state index contributed by atoms with van der Waals surface area (Å²) < 4.78 is 0. The van der Waals surface area contributed by atoms with Gasteiger partial charge in [0.2, 0.25) is 17.7 Å². The Labute approximate surface area is 224 Å². The largest absolute Gasteiger partial charge is 0.481 e. The summed E-state index contributed by atoms with van der Waals surface area (Å²) in [7, 11) is 0. The van der Waals surface area contributed by atoms with Crippen LogP contribution in [0.5, 0.6) is 0 Å². The van der Waals surface area contributed by atoms with Crippen molar-refractivity contribution in [3.63, 3.8) is 0 Å². The summed E-state index contributed by atoms with van der Waals surface area (Å²) in [4.78, 5) is 64.0. The minimum Gasteiger partial charge on any atom is -0.481 e. The van der Waals surface area contributed by atoms with E-state index in [2.05, 4.69) is 20.9 Å². The van der Waals surface area contributed by atoms with Crippen LogP contribution in [0.25, 0.3) is 10.9 Å². The lowest BCUT2D eigenvalue weighted by atomic mass is 10.0. The third kappa shape index (κ3) is 9.67. The van der Waals surface area contributed by atoms with Crippen LogP contribution in [-0.2, 0) is 30.4 Å². The minimum atomic E-state index is -1.57. The van der Waals surface area contributed by atoms with Crippen LogP contribution in [0.15, 0.2) is 30.5 Å². The van der Waals surface area contributed by atoms with E-state index in [1.54, 1.807) is 6.20 Å². The lowest BCUT2D eigenvalue weighted by Crippen LogP contribution is -2.58. The molecule has 0 aliphatic carbocycles. The molecule has 11 N–H and O–H groups in total. The average Bonchev–Trinajstić information content (AvgIpc) is 3.31. The second kappa shape index (κ2) is 15.4. The van der Waals surface area contributed by atoms with Crippen LogP contribution in [0.1, 0.15) is 37.7 Å². The number of H-pyrrole nitrogens is 1. The molecule has 14 nitrogen and oxygen atoms in total. The van der Waals surface area contributed by atoms with E-state index < -0.39 is 73.3 Å². The average molecular weight is 549 g/mol.